The largest absolute Gasteiger partial charge is 0.475 e. The van der Waals surface area contributed by atoms with Crippen molar-refractivity contribution in [3.63, 3.8) is 0 Å². The van der Waals surface area contributed by atoms with E-state index in [4.69, 9.17) is 14.3 Å². The lowest BCUT2D eigenvalue weighted by molar-refractivity contribution is 0.0109. The highest BCUT2D eigenvalue weighted by Crippen LogP contribution is 2.30. The third-order valence-electron chi connectivity index (χ3n) is 2.84. The number of hydrogen-bond acceptors (Lipinski definition) is 6. The van der Waals surface area contributed by atoms with E-state index in [2.05, 4.69) is 15.9 Å². The fraction of sp³-hybridized carbons (Fsp3) is 0.500. The Hall–Kier alpha value is -0.940. The Morgan fingerprint density at radius 1 is 1.55 bits per heavy atom. The van der Waals surface area contributed by atoms with E-state index in [1.165, 1.54) is 0 Å². The summed E-state index contributed by atoms with van der Waals surface area (Å²) in [4.78, 5) is 10.5. The summed E-state index contributed by atoms with van der Waals surface area (Å²) < 4.78 is 35.8. The topological polar surface area (TPSA) is 117 Å². The summed E-state index contributed by atoms with van der Waals surface area (Å²) in [6, 6.07) is 0.231. The molecule has 112 valence electrons. The van der Waals surface area contributed by atoms with Crippen LogP contribution in [0.3, 0.4) is 0 Å². The van der Waals surface area contributed by atoms with E-state index >= 15 is 0 Å². The molecule has 1 unspecified atom stereocenters. The molecule has 0 aliphatic carbocycles. The number of aliphatic hydroxyl groups excluding tert-OH is 1. The van der Waals surface area contributed by atoms with E-state index in [0.29, 0.717) is 0 Å². The van der Waals surface area contributed by atoms with Crippen LogP contribution in [-0.4, -0.2) is 61.3 Å². The molecule has 2 N–H and O–H groups in total. The van der Waals surface area contributed by atoms with Crippen molar-refractivity contribution in [1.82, 2.24) is 4.31 Å². The van der Waals surface area contributed by atoms with Crippen molar-refractivity contribution in [2.24, 2.45) is 0 Å². The van der Waals surface area contributed by atoms with Gasteiger partial charge in [0.25, 0.3) is 0 Å². The van der Waals surface area contributed by atoms with Crippen molar-refractivity contribution in [3.8, 4) is 0 Å². The summed E-state index contributed by atoms with van der Waals surface area (Å²) in [5, 5.41) is 18.0. The van der Waals surface area contributed by atoms with Gasteiger partial charge in [0.15, 0.2) is 4.67 Å². The van der Waals surface area contributed by atoms with Crippen LogP contribution in [0.4, 0.5) is 0 Å². The van der Waals surface area contributed by atoms with Gasteiger partial charge < -0.3 is 19.4 Å². The van der Waals surface area contributed by atoms with Gasteiger partial charge in [0, 0.05) is 12.6 Å². The Balaban J connectivity index is 2.41. The van der Waals surface area contributed by atoms with Gasteiger partial charge in [-0.05, 0) is 15.9 Å². The van der Waals surface area contributed by atoms with Crippen LogP contribution in [0.2, 0.25) is 0 Å². The maximum absolute atomic E-state index is 12.5. The van der Waals surface area contributed by atoms with Crippen LogP contribution >= 0.6 is 15.9 Å². The fourth-order valence-electron chi connectivity index (χ4n) is 1.86. The maximum Gasteiger partial charge on any atom is 0.371 e. The number of hydrogen-bond donors (Lipinski definition) is 2. The van der Waals surface area contributed by atoms with Crippen molar-refractivity contribution in [2.45, 2.75) is 10.9 Å². The third kappa shape index (κ3) is 2.74. The summed E-state index contributed by atoms with van der Waals surface area (Å²) in [6.07, 6.45) is 0. The molecule has 1 fully saturated rings. The van der Waals surface area contributed by atoms with Gasteiger partial charge in [-0.2, -0.15) is 4.31 Å². The SMILES string of the molecule is O=C(O)c1cc(S(=O)(=O)N2CCOCC2CO)c(Br)o1. The molecule has 1 atom stereocenters. The second-order valence-corrected chi connectivity index (χ2v) is 6.66. The fourth-order valence-corrected chi connectivity index (χ4v) is 4.35. The number of carboxylic acid groups (broad SMARTS) is 1. The Morgan fingerprint density at radius 3 is 2.80 bits per heavy atom. The lowest BCUT2D eigenvalue weighted by Crippen LogP contribution is -2.50. The minimum atomic E-state index is -3.98. The molecule has 0 spiro atoms. The Labute approximate surface area is 123 Å². The molecule has 2 heterocycles. The summed E-state index contributed by atoms with van der Waals surface area (Å²) in [5.41, 5.74) is 0. The number of halogens is 1. The van der Waals surface area contributed by atoms with Crippen LogP contribution in [0.15, 0.2) is 20.0 Å². The van der Waals surface area contributed by atoms with Gasteiger partial charge in [-0.25, -0.2) is 13.2 Å². The van der Waals surface area contributed by atoms with Crippen molar-refractivity contribution in [1.29, 1.82) is 0 Å². The molecule has 1 saturated heterocycles. The molecule has 10 heteroatoms. The molecule has 0 saturated carbocycles. The molecular formula is C10H12BrNO7S. The normalized spacial score (nSPS) is 21.0. The summed E-state index contributed by atoms with van der Waals surface area (Å²) in [6.45, 7) is -0.0257. The third-order valence-corrected chi connectivity index (χ3v) is 5.65. The lowest BCUT2D eigenvalue weighted by Gasteiger charge is -2.32. The molecule has 1 aromatic rings. The molecule has 0 bridgehead atoms. The highest BCUT2D eigenvalue weighted by Gasteiger charge is 2.36. The zero-order valence-corrected chi connectivity index (χ0v) is 12.6. The molecule has 8 nitrogen and oxygen atoms in total. The predicted octanol–water partition coefficient (Wildman–Crippen LogP) is 0.122. The van der Waals surface area contributed by atoms with E-state index in [0.717, 1.165) is 10.4 Å². The Kier molecular flexibility index (Phi) is 4.49. The molecule has 0 aromatic carbocycles. The quantitative estimate of drug-likeness (QED) is 0.773. The van der Waals surface area contributed by atoms with Crippen LogP contribution in [-0.2, 0) is 14.8 Å². The van der Waals surface area contributed by atoms with Crippen molar-refractivity contribution in [2.75, 3.05) is 26.4 Å². The number of aliphatic hydroxyl groups is 1. The number of aromatic carboxylic acids is 1. The highest BCUT2D eigenvalue weighted by atomic mass is 79.9. The summed E-state index contributed by atoms with van der Waals surface area (Å²) in [7, 11) is -3.98. The van der Waals surface area contributed by atoms with Crippen LogP contribution in [0, 0.1) is 0 Å². The molecule has 0 amide bonds. The summed E-state index contributed by atoms with van der Waals surface area (Å²) >= 11 is 2.90. The second-order valence-electron chi connectivity index (χ2n) is 4.08. The first-order valence-electron chi connectivity index (χ1n) is 5.61. The molecule has 1 aromatic heterocycles. The molecule has 1 aliphatic rings. The number of sulfonamides is 1. The van der Waals surface area contributed by atoms with Gasteiger partial charge >= 0.3 is 5.97 Å². The van der Waals surface area contributed by atoms with Gasteiger partial charge in [-0.3, -0.25) is 0 Å². The Morgan fingerprint density at radius 2 is 2.25 bits per heavy atom. The second kappa shape index (κ2) is 5.82. The average Bonchev–Trinajstić information content (AvgIpc) is 2.81. The number of furan rings is 1. The van der Waals surface area contributed by atoms with Gasteiger partial charge in [0.2, 0.25) is 15.8 Å². The van der Waals surface area contributed by atoms with Gasteiger partial charge in [-0.15, -0.1) is 0 Å². The maximum atomic E-state index is 12.5. The van der Waals surface area contributed by atoms with Gasteiger partial charge in [-0.1, -0.05) is 0 Å². The van der Waals surface area contributed by atoms with Crippen molar-refractivity contribution >= 4 is 31.9 Å². The molecule has 2 rings (SSSR count). The number of morpholine rings is 1. The lowest BCUT2D eigenvalue weighted by atomic mass is 10.3. The zero-order valence-electron chi connectivity index (χ0n) is 10.2. The monoisotopic (exact) mass is 369 g/mol. The number of ether oxygens (including phenoxy) is 1. The standard InChI is InChI=1S/C10H12BrNO7S/c11-9-8(3-7(19-9)10(14)15)20(16,17)12-1-2-18-5-6(12)4-13/h3,6,13H,1-2,4-5H2,(H,14,15). The van der Waals surface area contributed by atoms with Crippen LogP contribution in [0.25, 0.3) is 0 Å². The number of rotatable bonds is 4. The minimum absolute atomic E-state index is 0.0770. The van der Waals surface area contributed by atoms with Crippen LogP contribution < -0.4 is 0 Å². The highest BCUT2D eigenvalue weighted by molar-refractivity contribution is 9.10. The first-order valence-corrected chi connectivity index (χ1v) is 7.84. The predicted molar refractivity (Wildman–Crippen MR) is 69.0 cm³/mol. The van der Waals surface area contributed by atoms with Crippen molar-refractivity contribution < 1.29 is 32.6 Å². The molecular weight excluding hydrogens is 358 g/mol. The van der Waals surface area contributed by atoms with Gasteiger partial charge in [0.1, 0.15) is 4.90 Å². The number of carbonyl (C=O) groups is 1. The van der Waals surface area contributed by atoms with E-state index in [-0.39, 0.29) is 35.9 Å². The van der Waals surface area contributed by atoms with Gasteiger partial charge in [0.05, 0.1) is 25.9 Å². The Bertz CT molecular complexity index is 611. The van der Waals surface area contributed by atoms with E-state index in [9.17, 15) is 18.3 Å². The van der Waals surface area contributed by atoms with E-state index < -0.39 is 27.8 Å². The van der Waals surface area contributed by atoms with E-state index in [1.807, 2.05) is 0 Å². The number of nitrogens with zero attached hydrogens (tertiary/aromatic N) is 1. The van der Waals surface area contributed by atoms with Crippen LogP contribution in [0.5, 0.6) is 0 Å². The average molecular weight is 370 g/mol. The number of carboxylic acids is 1. The first kappa shape index (κ1) is 15.4. The first-order chi connectivity index (χ1) is 9.37. The molecule has 20 heavy (non-hydrogen) atoms. The molecule has 1 aliphatic heterocycles. The van der Waals surface area contributed by atoms with Crippen molar-refractivity contribution in [3.05, 3.63) is 16.5 Å². The zero-order chi connectivity index (χ0) is 14.9. The van der Waals surface area contributed by atoms with Crippen LogP contribution in [0.1, 0.15) is 10.6 Å². The smallest absolute Gasteiger partial charge is 0.371 e. The van der Waals surface area contributed by atoms with E-state index in [1.54, 1.807) is 0 Å². The minimum Gasteiger partial charge on any atom is -0.475 e. The molecule has 0 radical (unpaired) electrons. The summed E-state index contributed by atoms with van der Waals surface area (Å²) in [5.74, 6) is -1.85.